The second kappa shape index (κ2) is 10.0. The number of rotatable bonds is 9. The normalized spacial score (nSPS) is 13.2. The standard InChI is InChI=1S/C11H26N2/c1-11(8-4-6-10-13)7-3-2-5-9-12/h11H,2-10,12-13H2,1H3. The van der Waals surface area contributed by atoms with E-state index in [-0.39, 0.29) is 0 Å². The van der Waals surface area contributed by atoms with Crippen molar-refractivity contribution < 1.29 is 0 Å². The van der Waals surface area contributed by atoms with Crippen LogP contribution in [0.4, 0.5) is 0 Å². The van der Waals surface area contributed by atoms with E-state index in [0.717, 1.165) is 19.0 Å². The van der Waals surface area contributed by atoms with Gasteiger partial charge in [0.25, 0.3) is 0 Å². The summed E-state index contributed by atoms with van der Waals surface area (Å²) in [5.74, 6) is 0.879. The topological polar surface area (TPSA) is 52.0 Å². The molecule has 13 heavy (non-hydrogen) atoms. The molecular formula is C11H26N2. The SMILES string of the molecule is CC(CCCCN)CCCCCN. The number of hydrogen-bond donors (Lipinski definition) is 2. The van der Waals surface area contributed by atoms with Crippen LogP contribution >= 0.6 is 0 Å². The Morgan fingerprint density at radius 2 is 1.23 bits per heavy atom. The molecule has 0 spiro atoms. The van der Waals surface area contributed by atoms with Crippen LogP contribution in [0.15, 0.2) is 0 Å². The second-order valence-electron chi connectivity index (χ2n) is 4.03. The van der Waals surface area contributed by atoms with E-state index in [0.29, 0.717) is 0 Å². The van der Waals surface area contributed by atoms with Crippen LogP contribution in [0, 0.1) is 5.92 Å². The van der Waals surface area contributed by atoms with Crippen molar-refractivity contribution in [1.29, 1.82) is 0 Å². The third kappa shape index (κ3) is 9.84. The molecule has 0 bridgehead atoms. The summed E-state index contributed by atoms with van der Waals surface area (Å²) < 4.78 is 0. The lowest BCUT2D eigenvalue weighted by atomic mass is 9.97. The van der Waals surface area contributed by atoms with Crippen molar-refractivity contribution in [3.63, 3.8) is 0 Å². The zero-order valence-corrected chi connectivity index (χ0v) is 9.10. The molecule has 0 saturated heterocycles. The summed E-state index contributed by atoms with van der Waals surface area (Å²) in [5.41, 5.74) is 10.9. The van der Waals surface area contributed by atoms with Crippen molar-refractivity contribution in [2.45, 2.75) is 51.9 Å². The molecule has 0 aromatic carbocycles. The lowest BCUT2D eigenvalue weighted by molar-refractivity contribution is 0.443. The summed E-state index contributed by atoms with van der Waals surface area (Å²) in [6, 6.07) is 0. The number of hydrogen-bond acceptors (Lipinski definition) is 2. The van der Waals surface area contributed by atoms with Gasteiger partial charge in [0.2, 0.25) is 0 Å². The average Bonchev–Trinajstić information content (AvgIpc) is 2.13. The van der Waals surface area contributed by atoms with E-state index in [1.165, 1.54) is 44.9 Å². The summed E-state index contributed by atoms with van der Waals surface area (Å²) in [7, 11) is 0. The van der Waals surface area contributed by atoms with E-state index < -0.39 is 0 Å². The summed E-state index contributed by atoms with van der Waals surface area (Å²) in [6.45, 7) is 4.04. The van der Waals surface area contributed by atoms with Gasteiger partial charge in [-0.3, -0.25) is 0 Å². The first-order chi connectivity index (χ1) is 6.31. The molecule has 0 aliphatic heterocycles. The van der Waals surface area contributed by atoms with Gasteiger partial charge < -0.3 is 11.5 Å². The quantitative estimate of drug-likeness (QED) is 0.543. The molecule has 2 heteroatoms. The first-order valence-electron chi connectivity index (χ1n) is 5.71. The Kier molecular flexibility index (Phi) is 9.94. The molecule has 0 saturated carbocycles. The Morgan fingerprint density at radius 3 is 1.77 bits per heavy atom. The van der Waals surface area contributed by atoms with Crippen LogP contribution in [-0.2, 0) is 0 Å². The van der Waals surface area contributed by atoms with Crippen molar-refractivity contribution in [1.82, 2.24) is 0 Å². The van der Waals surface area contributed by atoms with Crippen LogP contribution in [0.25, 0.3) is 0 Å². The van der Waals surface area contributed by atoms with E-state index in [1.54, 1.807) is 0 Å². The van der Waals surface area contributed by atoms with Gasteiger partial charge in [-0.05, 0) is 31.8 Å². The largest absolute Gasteiger partial charge is 0.330 e. The van der Waals surface area contributed by atoms with Crippen molar-refractivity contribution in [2.24, 2.45) is 17.4 Å². The lowest BCUT2D eigenvalue weighted by Crippen LogP contribution is -2.02. The Balaban J connectivity index is 3.05. The molecule has 0 aliphatic carbocycles. The third-order valence-corrected chi connectivity index (χ3v) is 2.55. The molecule has 0 aliphatic rings. The first-order valence-corrected chi connectivity index (χ1v) is 5.71. The van der Waals surface area contributed by atoms with E-state index in [1.807, 2.05) is 0 Å². The van der Waals surface area contributed by atoms with Crippen LogP contribution in [-0.4, -0.2) is 13.1 Å². The minimum atomic E-state index is 0.847. The van der Waals surface area contributed by atoms with Crippen LogP contribution < -0.4 is 11.5 Å². The van der Waals surface area contributed by atoms with Crippen LogP contribution in [0.3, 0.4) is 0 Å². The summed E-state index contributed by atoms with van der Waals surface area (Å²) in [4.78, 5) is 0. The Bertz CT molecular complexity index is 94.1. The monoisotopic (exact) mass is 186 g/mol. The first kappa shape index (κ1) is 12.9. The molecule has 0 aromatic heterocycles. The molecule has 0 heterocycles. The van der Waals surface area contributed by atoms with Gasteiger partial charge in [-0.25, -0.2) is 0 Å². The lowest BCUT2D eigenvalue weighted by Gasteiger charge is -2.10. The van der Waals surface area contributed by atoms with Crippen molar-refractivity contribution >= 4 is 0 Å². The van der Waals surface area contributed by atoms with Crippen molar-refractivity contribution in [2.75, 3.05) is 13.1 Å². The predicted octanol–water partition coefficient (Wildman–Crippen LogP) is 2.27. The van der Waals surface area contributed by atoms with Gasteiger partial charge in [-0.1, -0.05) is 39.0 Å². The molecule has 0 aromatic rings. The summed E-state index contributed by atoms with van der Waals surface area (Å²) in [6.07, 6.45) is 9.04. The Labute approximate surface area is 83.1 Å². The number of nitrogens with two attached hydrogens (primary N) is 2. The maximum absolute atomic E-state index is 5.44. The Morgan fingerprint density at radius 1 is 0.769 bits per heavy atom. The van der Waals surface area contributed by atoms with Gasteiger partial charge in [-0.2, -0.15) is 0 Å². The zero-order valence-electron chi connectivity index (χ0n) is 9.10. The van der Waals surface area contributed by atoms with E-state index in [2.05, 4.69) is 6.92 Å². The fraction of sp³-hybridized carbons (Fsp3) is 1.00. The molecule has 0 radical (unpaired) electrons. The van der Waals surface area contributed by atoms with Crippen LogP contribution in [0.5, 0.6) is 0 Å². The fourth-order valence-corrected chi connectivity index (χ4v) is 1.60. The smallest absolute Gasteiger partial charge is 0.00773 e. The number of unbranched alkanes of at least 4 members (excludes halogenated alkanes) is 3. The molecule has 4 N–H and O–H groups in total. The van der Waals surface area contributed by atoms with Gasteiger partial charge in [0.05, 0.1) is 0 Å². The summed E-state index contributed by atoms with van der Waals surface area (Å²) in [5, 5.41) is 0. The highest BCUT2D eigenvalue weighted by Gasteiger charge is 2.00. The van der Waals surface area contributed by atoms with Gasteiger partial charge in [0.15, 0.2) is 0 Å². The van der Waals surface area contributed by atoms with E-state index >= 15 is 0 Å². The molecule has 0 amide bonds. The van der Waals surface area contributed by atoms with Gasteiger partial charge >= 0.3 is 0 Å². The predicted molar refractivity (Wildman–Crippen MR) is 59.6 cm³/mol. The molecular weight excluding hydrogens is 160 g/mol. The van der Waals surface area contributed by atoms with Crippen molar-refractivity contribution in [3.05, 3.63) is 0 Å². The molecule has 1 atom stereocenters. The highest BCUT2D eigenvalue weighted by Crippen LogP contribution is 2.15. The van der Waals surface area contributed by atoms with E-state index in [9.17, 15) is 0 Å². The van der Waals surface area contributed by atoms with Crippen LogP contribution in [0.2, 0.25) is 0 Å². The Hall–Kier alpha value is -0.0800. The maximum atomic E-state index is 5.44. The zero-order chi connectivity index (χ0) is 9.94. The molecule has 0 fully saturated rings. The molecule has 80 valence electrons. The van der Waals surface area contributed by atoms with Crippen molar-refractivity contribution in [3.8, 4) is 0 Å². The van der Waals surface area contributed by atoms with Gasteiger partial charge in [0.1, 0.15) is 0 Å². The maximum Gasteiger partial charge on any atom is -0.00773 e. The highest BCUT2D eigenvalue weighted by atomic mass is 14.5. The third-order valence-electron chi connectivity index (χ3n) is 2.55. The minimum Gasteiger partial charge on any atom is -0.330 e. The fourth-order valence-electron chi connectivity index (χ4n) is 1.60. The minimum absolute atomic E-state index is 0.847. The van der Waals surface area contributed by atoms with Gasteiger partial charge in [-0.15, -0.1) is 0 Å². The highest BCUT2D eigenvalue weighted by molar-refractivity contribution is 4.55. The average molecular weight is 186 g/mol. The van der Waals surface area contributed by atoms with E-state index in [4.69, 9.17) is 11.5 Å². The molecule has 2 nitrogen and oxygen atoms in total. The van der Waals surface area contributed by atoms with Gasteiger partial charge in [0, 0.05) is 0 Å². The second-order valence-corrected chi connectivity index (χ2v) is 4.03. The molecule has 1 unspecified atom stereocenters. The van der Waals surface area contributed by atoms with Crippen LogP contribution in [0.1, 0.15) is 51.9 Å². The summed E-state index contributed by atoms with van der Waals surface area (Å²) >= 11 is 0. The molecule has 0 rings (SSSR count).